The summed E-state index contributed by atoms with van der Waals surface area (Å²) in [5.74, 6) is 1.78. The van der Waals surface area contributed by atoms with E-state index in [9.17, 15) is 0 Å². The van der Waals surface area contributed by atoms with Gasteiger partial charge >= 0.3 is 0 Å². The summed E-state index contributed by atoms with van der Waals surface area (Å²) in [6.07, 6.45) is 5.67. The molecule has 1 aliphatic rings. The second-order valence-corrected chi connectivity index (χ2v) is 5.62. The molecule has 1 aliphatic carbocycles. The maximum atomic E-state index is 5.39. The normalized spacial score (nSPS) is 28.0. The van der Waals surface area contributed by atoms with Gasteiger partial charge in [-0.25, -0.2) is 0 Å². The molecule has 2 atom stereocenters. The number of nitrogens with one attached hydrogen (secondary N) is 1. The van der Waals surface area contributed by atoms with Crippen molar-refractivity contribution in [3.8, 4) is 0 Å². The molecule has 0 spiro atoms. The van der Waals surface area contributed by atoms with Gasteiger partial charge in [-0.1, -0.05) is 26.2 Å². The van der Waals surface area contributed by atoms with Gasteiger partial charge in [0.05, 0.1) is 5.60 Å². The van der Waals surface area contributed by atoms with E-state index in [1.807, 2.05) is 0 Å². The fourth-order valence-electron chi connectivity index (χ4n) is 2.33. The van der Waals surface area contributed by atoms with Crippen LogP contribution in [0.4, 0.5) is 0 Å². The SMILES string of the molecule is COC(C)(C)CNCC1CCCCC1C. The molecule has 2 unspecified atom stereocenters. The lowest BCUT2D eigenvalue weighted by Gasteiger charge is -2.30. The molecule has 0 saturated heterocycles. The van der Waals surface area contributed by atoms with Crippen molar-refractivity contribution in [3.05, 3.63) is 0 Å². The van der Waals surface area contributed by atoms with Gasteiger partial charge in [-0.15, -0.1) is 0 Å². The van der Waals surface area contributed by atoms with E-state index < -0.39 is 0 Å². The molecule has 1 saturated carbocycles. The molecule has 0 aliphatic heterocycles. The maximum absolute atomic E-state index is 5.39. The summed E-state index contributed by atoms with van der Waals surface area (Å²) in [7, 11) is 1.78. The molecule has 0 aromatic carbocycles. The molecular weight excluding hydrogens is 186 g/mol. The van der Waals surface area contributed by atoms with Gasteiger partial charge in [0.1, 0.15) is 0 Å². The number of hydrogen-bond donors (Lipinski definition) is 1. The van der Waals surface area contributed by atoms with Gasteiger partial charge in [0.25, 0.3) is 0 Å². The van der Waals surface area contributed by atoms with E-state index in [-0.39, 0.29) is 5.60 Å². The first-order valence-corrected chi connectivity index (χ1v) is 6.31. The largest absolute Gasteiger partial charge is 0.377 e. The Morgan fingerprint density at radius 3 is 2.53 bits per heavy atom. The van der Waals surface area contributed by atoms with Gasteiger partial charge in [0.2, 0.25) is 0 Å². The molecule has 2 heteroatoms. The number of rotatable bonds is 5. The van der Waals surface area contributed by atoms with Crippen molar-refractivity contribution in [1.29, 1.82) is 0 Å². The minimum Gasteiger partial charge on any atom is -0.377 e. The topological polar surface area (TPSA) is 21.3 Å². The van der Waals surface area contributed by atoms with E-state index in [0.717, 1.165) is 24.9 Å². The van der Waals surface area contributed by atoms with Crippen LogP contribution in [0.2, 0.25) is 0 Å². The molecule has 1 fully saturated rings. The van der Waals surface area contributed by atoms with Crippen LogP contribution >= 0.6 is 0 Å². The van der Waals surface area contributed by atoms with E-state index in [1.165, 1.54) is 25.7 Å². The molecule has 0 bridgehead atoms. The number of ether oxygens (including phenoxy) is 1. The molecular formula is C13H27NO. The maximum Gasteiger partial charge on any atom is 0.0746 e. The predicted octanol–water partition coefficient (Wildman–Crippen LogP) is 2.83. The second-order valence-electron chi connectivity index (χ2n) is 5.62. The molecule has 15 heavy (non-hydrogen) atoms. The minimum absolute atomic E-state index is 0.0299. The van der Waals surface area contributed by atoms with Crippen LogP contribution < -0.4 is 5.32 Å². The average Bonchev–Trinajstić information content (AvgIpc) is 2.21. The standard InChI is InChI=1S/C13H27NO/c1-11-7-5-6-8-12(11)9-14-10-13(2,3)15-4/h11-12,14H,5-10H2,1-4H3. The summed E-state index contributed by atoms with van der Waals surface area (Å²) >= 11 is 0. The molecule has 0 radical (unpaired) electrons. The van der Waals surface area contributed by atoms with E-state index in [0.29, 0.717) is 0 Å². The molecule has 0 amide bonds. The van der Waals surface area contributed by atoms with Crippen LogP contribution in [-0.4, -0.2) is 25.8 Å². The van der Waals surface area contributed by atoms with Crippen molar-refractivity contribution < 1.29 is 4.74 Å². The third kappa shape index (κ3) is 4.52. The second kappa shape index (κ2) is 5.86. The van der Waals surface area contributed by atoms with Crippen LogP contribution in [0.3, 0.4) is 0 Å². The fraction of sp³-hybridized carbons (Fsp3) is 1.00. The van der Waals surface area contributed by atoms with E-state index in [1.54, 1.807) is 7.11 Å². The predicted molar refractivity (Wildman–Crippen MR) is 65.1 cm³/mol. The fourth-order valence-corrected chi connectivity index (χ4v) is 2.33. The highest BCUT2D eigenvalue weighted by molar-refractivity contribution is 4.77. The average molecular weight is 213 g/mol. The minimum atomic E-state index is -0.0299. The van der Waals surface area contributed by atoms with Gasteiger partial charge in [0.15, 0.2) is 0 Å². The van der Waals surface area contributed by atoms with Crippen LogP contribution in [-0.2, 0) is 4.74 Å². The first-order chi connectivity index (χ1) is 7.05. The molecule has 0 heterocycles. The first kappa shape index (κ1) is 13.0. The summed E-state index contributed by atoms with van der Waals surface area (Å²) in [6.45, 7) is 8.77. The zero-order valence-corrected chi connectivity index (χ0v) is 10.8. The Balaban J connectivity index is 2.19. The highest BCUT2D eigenvalue weighted by Crippen LogP contribution is 2.28. The number of methoxy groups -OCH3 is 1. The Hall–Kier alpha value is -0.0800. The Morgan fingerprint density at radius 2 is 1.93 bits per heavy atom. The van der Waals surface area contributed by atoms with E-state index >= 15 is 0 Å². The number of hydrogen-bond acceptors (Lipinski definition) is 2. The van der Waals surface area contributed by atoms with E-state index in [4.69, 9.17) is 4.74 Å². The summed E-state index contributed by atoms with van der Waals surface area (Å²) in [4.78, 5) is 0. The summed E-state index contributed by atoms with van der Waals surface area (Å²) in [6, 6.07) is 0. The molecule has 2 nitrogen and oxygen atoms in total. The van der Waals surface area contributed by atoms with Crippen LogP contribution in [0.1, 0.15) is 46.5 Å². The third-order valence-electron chi connectivity index (χ3n) is 3.80. The Bertz CT molecular complexity index is 179. The van der Waals surface area contributed by atoms with Gasteiger partial charge in [-0.2, -0.15) is 0 Å². The zero-order valence-electron chi connectivity index (χ0n) is 10.8. The zero-order chi connectivity index (χ0) is 11.3. The molecule has 0 aromatic rings. The summed E-state index contributed by atoms with van der Waals surface area (Å²) in [5, 5.41) is 3.55. The molecule has 1 N–H and O–H groups in total. The lowest BCUT2D eigenvalue weighted by Crippen LogP contribution is -2.40. The van der Waals surface area contributed by atoms with Crippen molar-refractivity contribution in [1.82, 2.24) is 5.32 Å². The Kier molecular flexibility index (Phi) is 5.07. The van der Waals surface area contributed by atoms with Crippen LogP contribution in [0.25, 0.3) is 0 Å². The van der Waals surface area contributed by atoms with Crippen LogP contribution in [0.15, 0.2) is 0 Å². The van der Waals surface area contributed by atoms with Crippen molar-refractivity contribution in [2.24, 2.45) is 11.8 Å². The summed E-state index contributed by atoms with van der Waals surface area (Å²) in [5.41, 5.74) is -0.0299. The lowest BCUT2D eigenvalue weighted by molar-refractivity contribution is 0.0217. The van der Waals surface area contributed by atoms with Gasteiger partial charge in [0, 0.05) is 13.7 Å². The monoisotopic (exact) mass is 213 g/mol. The van der Waals surface area contributed by atoms with Gasteiger partial charge in [-0.3, -0.25) is 0 Å². The van der Waals surface area contributed by atoms with Crippen molar-refractivity contribution in [3.63, 3.8) is 0 Å². The molecule has 90 valence electrons. The molecule has 0 aromatic heterocycles. The van der Waals surface area contributed by atoms with Gasteiger partial charge in [-0.05, 0) is 38.6 Å². The Morgan fingerprint density at radius 1 is 1.27 bits per heavy atom. The van der Waals surface area contributed by atoms with Crippen molar-refractivity contribution in [2.75, 3.05) is 20.2 Å². The Labute approximate surface area is 94.8 Å². The first-order valence-electron chi connectivity index (χ1n) is 6.31. The van der Waals surface area contributed by atoms with Crippen LogP contribution in [0.5, 0.6) is 0 Å². The van der Waals surface area contributed by atoms with Crippen LogP contribution in [0, 0.1) is 11.8 Å². The quantitative estimate of drug-likeness (QED) is 0.758. The van der Waals surface area contributed by atoms with E-state index in [2.05, 4.69) is 26.1 Å². The highest BCUT2D eigenvalue weighted by Gasteiger charge is 2.22. The smallest absolute Gasteiger partial charge is 0.0746 e. The lowest BCUT2D eigenvalue weighted by atomic mass is 9.80. The molecule has 1 rings (SSSR count). The summed E-state index contributed by atoms with van der Waals surface area (Å²) < 4.78 is 5.39. The highest BCUT2D eigenvalue weighted by atomic mass is 16.5. The van der Waals surface area contributed by atoms with Crippen molar-refractivity contribution in [2.45, 2.75) is 52.1 Å². The van der Waals surface area contributed by atoms with Gasteiger partial charge < -0.3 is 10.1 Å². The third-order valence-corrected chi connectivity index (χ3v) is 3.80. The van der Waals surface area contributed by atoms with Crippen molar-refractivity contribution >= 4 is 0 Å².